The maximum atomic E-state index is 12.4. The number of para-hydroxylation sites is 1. The van der Waals surface area contributed by atoms with Crippen LogP contribution in [0.2, 0.25) is 0 Å². The molecule has 2 aromatic rings. The van der Waals surface area contributed by atoms with Crippen LogP contribution in [0, 0.1) is 0 Å². The number of anilines is 1. The van der Waals surface area contributed by atoms with Crippen molar-refractivity contribution < 1.29 is 9.53 Å². The van der Waals surface area contributed by atoms with E-state index < -0.39 is 0 Å². The Morgan fingerprint density at radius 2 is 1.79 bits per heavy atom. The Hall–Kier alpha value is -2.88. The zero-order valence-electron chi connectivity index (χ0n) is 13.9. The zero-order valence-corrected chi connectivity index (χ0v) is 13.9. The van der Waals surface area contributed by atoms with Gasteiger partial charge in [-0.25, -0.2) is 0 Å². The van der Waals surface area contributed by atoms with Gasteiger partial charge in [0.05, 0.1) is 17.9 Å². The van der Waals surface area contributed by atoms with Crippen molar-refractivity contribution in [2.24, 2.45) is 0 Å². The average Bonchev–Trinajstić information content (AvgIpc) is 2.77. The summed E-state index contributed by atoms with van der Waals surface area (Å²) < 4.78 is 5.53. The standard InChI is InChI=1S/C20H21NO3/c1-3-21-17-11-7-6-10-16(20(17)23)18(22)14-13-15-9-5-8-12-19(15)24-4-2/h5-14H,3-4H2,1-2H3,(H,21,23)/b14-13+. The van der Waals surface area contributed by atoms with Gasteiger partial charge in [0.1, 0.15) is 5.75 Å². The second-order valence-electron chi connectivity index (χ2n) is 5.07. The minimum atomic E-state index is -0.332. The molecule has 0 heterocycles. The first-order chi connectivity index (χ1) is 11.7. The lowest BCUT2D eigenvalue weighted by Crippen LogP contribution is -2.15. The molecule has 0 aromatic heterocycles. The van der Waals surface area contributed by atoms with Gasteiger partial charge in [-0.15, -0.1) is 0 Å². The molecule has 0 saturated heterocycles. The van der Waals surface area contributed by atoms with E-state index in [1.165, 1.54) is 6.08 Å². The molecule has 124 valence electrons. The van der Waals surface area contributed by atoms with Gasteiger partial charge in [0.2, 0.25) is 5.43 Å². The molecule has 2 rings (SSSR count). The number of carbonyl (C=O) groups excluding carboxylic acids is 1. The fourth-order valence-corrected chi connectivity index (χ4v) is 2.28. The van der Waals surface area contributed by atoms with Crippen LogP contribution in [-0.2, 0) is 0 Å². The normalized spacial score (nSPS) is 10.6. The van der Waals surface area contributed by atoms with E-state index in [9.17, 15) is 9.59 Å². The minimum Gasteiger partial charge on any atom is -0.493 e. The van der Waals surface area contributed by atoms with Gasteiger partial charge in [-0.2, -0.15) is 0 Å². The van der Waals surface area contributed by atoms with Crippen molar-refractivity contribution in [2.75, 3.05) is 18.5 Å². The van der Waals surface area contributed by atoms with Gasteiger partial charge in [-0.3, -0.25) is 9.59 Å². The molecule has 0 spiro atoms. The summed E-state index contributed by atoms with van der Waals surface area (Å²) in [6, 6.07) is 14.1. The smallest absolute Gasteiger partial charge is 0.212 e. The maximum Gasteiger partial charge on any atom is 0.212 e. The van der Waals surface area contributed by atoms with Crippen molar-refractivity contribution in [1.82, 2.24) is 0 Å². The predicted molar refractivity (Wildman–Crippen MR) is 97.9 cm³/mol. The molecule has 2 aromatic carbocycles. The van der Waals surface area contributed by atoms with Gasteiger partial charge in [0.15, 0.2) is 5.78 Å². The third kappa shape index (κ3) is 4.32. The Kier molecular flexibility index (Phi) is 6.32. The molecule has 0 saturated carbocycles. The van der Waals surface area contributed by atoms with Crippen LogP contribution in [0.25, 0.3) is 6.08 Å². The third-order valence-corrected chi connectivity index (χ3v) is 3.39. The van der Waals surface area contributed by atoms with Crippen LogP contribution < -0.4 is 15.5 Å². The van der Waals surface area contributed by atoms with Crippen molar-refractivity contribution in [1.29, 1.82) is 0 Å². The van der Waals surface area contributed by atoms with Crippen molar-refractivity contribution in [3.63, 3.8) is 0 Å². The molecule has 24 heavy (non-hydrogen) atoms. The van der Waals surface area contributed by atoms with E-state index >= 15 is 0 Å². The highest BCUT2D eigenvalue weighted by Crippen LogP contribution is 2.19. The Bertz CT molecular complexity index is 797. The third-order valence-electron chi connectivity index (χ3n) is 3.39. The number of hydrogen-bond donors (Lipinski definition) is 1. The van der Waals surface area contributed by atoms with Gasteiger partial charge in [0, 0.05) is 12.1 Å². The molecular weight excluding hydrogens is 302 g/mol. The Labute approximate surface area is 141 Å². The van der Waals surface area contributed by atoms with Gasteiger partial charge in [-0.05, 0) is 44.2 Å². The summed E-state index contributed by atoms with van der Waals surface area (Å²) >= 11 is 0. The van der Waals surface area contributed by atoms with Crippen LogP contribution in [0.15, 0.2) is 59.4 Å². The summed E-state index contributed by atoms with van der Waals surface area (Å²) in [5.41, 5.74) is 1.07. The number of allylic oxidation sites excluding steroid dienone is 1. The van der Waals surface area contributed by atoms with Crippen LogP contribution in [0.5, 0.6) is 5.75 Å². The van der Waals surface area contributed by atoms with E-state index in [4.69, 9.17) is 4.74 Å². The Morgan fingerprint density at radius 3 is 2.54 bits per heavy atom. The summed E-state index contributed by atoms with van der Waals surface area (Å²) in [6.45, 7) is 4.97. The molecule has 0 bridgehead atoms. The summed E-state index contributed by atoms with van der Waals surface area (Å²) in [4.78, 5) is 24.9. The van der Waals surface area contributed by atoms with Gasteiger partial charge >= 0.3 is 0 Å². The minimum absolute atomic E-state index is 0.140. The Balaban J connectivity index is 2.33. The number of carbonyl (C=O) groups is 1. The largest absolute Gasteiger partial charge is 0.493 e. The molecule has 0 aliphatic carbocycles. The van der Waals surface area contributed by atoms with Gasteiger partial charge in [-0.1, -0.05) is 30.3 Å². The van der Waals surface area contributed by atoms with Crippen LogP contribution >= 0.6 is 0 Å². The lowest BCUT2D eigenvalue weighted by Gasteiger charge is -2.06. The number of ether oxygens (including phenoxy) is 1. The van der Waals surface area contributed by atoms with Crippen molar-refractivity contribution in [2.45, 2.75) is 13.8 Å². The van der Waals surface area contributed by atoms with Crippen LogP contribution in [-0.4, -0.2) is 18.9 Å². The topological polar surface area (TPSA) is 55.4 Å². The second kappa shape index (κ2) is 8.67. The monoisotopic (exact) mass is 323 g/mol. The first-order valence-electron chi connectivity index (χ1n) is 7.98. The number of hydrogen-bond acceptors (Lipinski definition) is 4. The van der Waals surface area contributed by atoms with Crippen molar-refractivity contribution in [3.8, 4) is 5.75 Å². The summed E-state index contributed by atoms with van der Waals surface area (Å²) in [6.07, 6.45) is 3.08. The SMILES string of the molecule is CCNc1ccccc(C(=O)/C=C/c2ccccc2OCC)c1=O. The molecule has 0 fully saturated rings. The first-order valence-corrected chi connectivity index (χ1v) is 7.98. The quantitative estimate of drug-likeness (QED) is 0.622. The van der Waals surface area contributed by atoms with E-state index in [-0.39, 0.29) is 16.8 Å². The lowest BCUT2D eigenvalue weighted by molar-refractivity contribution is 0.104. The number of benzene rings is 1. The summed E-state index contributed by atoms with van der Waals surface area (Å²) in [5, 5.41) is 2.98. The molecule has 0 atom stereocenters. The number of nitrogens with one attached hydrogen (secondary N) is 1. The van der Waals surface area contributed by atoms with E-state index in [0.717, 1.165) is 5.56 Å². The predicted octanol–water partition coefficient (Wildman–Crippen LogP) is 3.77. The highest BCUT2D eigenvalue weighted by molar-refractivity contribution is 6.07. The van der Waals surface area contributed by atoms with E-state index in [1.54, 1.807) is 30.3 Å². The fourth-order valence-electron chi connectivity index (χ4n) is 2.28. The molecule has 4 nitrogen and oxygen atoms in total. The van der Waals surface area contributed by atoms with Gasteiger partial charge in [0.25, 0.3) is 0 Å². The van der Waals surface area contributed by atoms with E-state index in [1.807, 2.05) is 38.1 Å². The highest BCUT2D eigenvalue weighted by Gasteiger charge is 2.09. The molecule has 1 N–H and O–H groups in total. The molecule has 0 aliphatic rings. The van der Waals surface area contributed by atoms with Crippen LogP contribution in [0.4, 0.5) is 5.69 Å². The molecule has 0 aliphatic heterocycles. The number of ketones is 1. The number of rotatable bonds is 7. The molecule has 0 unspecified atom stereocenters. The van der Waals surface area contributed by atoms with Crippen LogP contribution in [0.3, 0.4) is 0 Å². The van der Waals surface area contributed by atoms with Crippen LogP contribution in [0.1, 0.15) is 29.8 Å². The molecule has 0 radical (unpaired) electrons. The fraction of sp³-hybridized carbons (Fsp3) is 0.200. The molecule has 0 amide bonds. The van der Waals surface area contributed by atoms with Crippen molar-refractivity contribution >= 4 is 17.5 Å². The lowest BCUT2D eigenvalue weighted by atomic mass is 10.1. The molecule has 4 heteroatoms. The highest BCUT2D eigenvalue weighted by atomic mass is 16.5. The van der Waals surface area contributed by atoms with E-state index in [2.05, 4.69) is 5.32 Å². The Morgan fingerprint density at radius 1 is 1.08 bits per heavy atom. The van der Waals surface area contributed by atoms with Gasteiger partial charge < -0.3 is 10.1 Å². The molecular formula is C20H21NO3. The maximum absolute atomic E-state index is 12.4. The van der Waals surface area contributed by atoms with E-state index in [0.29, 0.717) is 24.6 Å². The second-order valence-corrected chi connectivity index (χ2v) is 5.07. The summed E-state index contributed by atoms with van der Waals surface area (Å²) in [7, 11) is 0. The summed E-state index contributed by atoms with van der Waals surface area (Å²) in [5.74, 6) is 0.375. The van der Waals surface area contributed by atoms with Crippen molar-refractivity contribution in [3.05, 3.63) is 76.0 Å². The average molecular weight is 323 g/mol. The first kappa shape index (κ1) is 17.5. The zero-order chi connectivity index (χ0) is 17.4.